The highest BCUT2D eigenvalue weighted by molar-refractivity contribution is 7.99. The number of benzene rings is 3. The molecule has 0 saturated heterocycles. The van der Waals surface area contributed by atoms with Crippen LogP contribution in [0.3, 0.4) is 0 Å². The van der Waals surface area contributed by atoms with Crippen LogP contribution >= 0.6 is 23.4 Å². The number of imide groups is 1. The molecule has 3 aromatic carbocycles. The number of rotatable bonds is 6. The van der Waals surface area contributed by atoms with Crippen LogP contribution in [-0.2, 0) is 6.54 Å². The Hall–Kier alpha value is -3.95. The maximum Gasteiger partial charge on any atom is 0.262 e. The molecule has 35 heavy (non-hydrogen) atoms. The monoisotopic (exact) mass is 500 g/mol. The minimum Gasteiger partial charge on any atom is -0.323 e. The third kappa shape index (κ3) is 3.69. The molecule has 172 valence electrons. The van der Waals surface area contributed by atoms with Gasteiger partial charge in [-0.3, -0.25) is 19.1 Å². The number of fused-ring (bicyclic) bond motifs is 2. The largest absolute Gasteiger partial charge is 0.323 e. The number of imidazole rings is 1. The first-order chi connectivity index (χ1) is 17.1. The summed E-state index contributed by atoms with van der Waals surface area (Å²) < 4.78 is 3.85. The van der Waals surface area contributed by atoms with Crippen molar-refractivity contribution in [3.8, 4) is 5.69 Å². The van der Waals surface area contributed by atoms with E-state index in [9.17, 15) is 9.59 Å². The van der Waals surface area contributed by atoms with Crippen LogP contribution in [0, 0.1) is 0 Å². The molecule has 0 bridgehead atoms. The molecule has 0 radical (unpaired) electrons. The van der Waals surface area contributed by atoms with Gasteiger partial charge in [0.1, 0.15) is 0 Å². The van der Waals surface area contributed by atoms with Crippen molar-refractivity contribution < 1.29 is 9.59 Å². The first-order valence-electron chi connectivity index (χ1n) is 10.8. The average Bonchev–Trinajstić information content (AvgIpc) is 3.54. The summed E-state index contributed by atoms with van der Waals surface area (Å²) in [7, 11) is 0. The molecule has 6 rings (SSSR count). The third-order valence-electron chi connectivity index (χ3n) is 5.83. The van der Waals surface area contributed by atoms with E-state index in [1.807, 2.05) is 51.6 Å². The van der Waals surface area contributed by atoms with Crippen molar-refractivity contribution in [2.75, 3.05) is 5.88 Å². The van der Waals surface area contributed by atoms with Crippen molar-refractivity contribution in [2.24, 2.45) is 0 Å². The van der Waals surface area contributed by atoms with Gasteiger partial charge in [0.2, 0.25) is 0 Å². The molecular weight excluding hydrogens is 484 g/mol. The quantitative estimate of drug-likeness (QED) is 0.249. The van der Waals surface area contributed by atoms with E-state index in [4.69, 9.17) is 11.6 Å². The number of aromatic nitrogens is 5. The molecule has 0 unspecified atom stereocenters. The standard InChI is InChI=1S/C25H17ClN6O2S/c26-18-9-3-5-11-20(18)32-22(13-30-14-27-19-10-4-6-12-21(19)30)28-29-25(32)35-15-31-23(33)16-7-1-2-8-17(16)24(31)34/h1-12,14H,13,15H2. The van der Waals surface area contributed by atoms with Crippen LogP contribution in [-0.4, -0.2) is 46.9 Å². The van der Waals surface area contributed by atoms with Crippen molar-refractivity contribution in [3.63, 3.8) is 0 Å². The summed E-state index contributed by atoms with van der Waals surface area (Å²) in [5.41, 5.74) is 3.40. The minimum absolute atomic E-state index is 0.100. The van der Waals surface area contributed by atoms with Crippen molar-refractivity contribution in [2.45, 2.75) is 11.7 Å². The Balaban J connectivity index is 1.34. The first kappa shape index (κ1) is 21.6. The highest BCUT2D eigenvalue weighted by atomic mass is 35.5. The SMILES string of the molecule is O=C1c2ccccc2C(=O)N1CSc1nnc(Cn2cnc3ccccc32)n1-c1ccccc1Cl. The fraction of sp³-hybridized carbons (Fsp3) is 0.0800. The van der Waals surface area contributed by atoms with Crippen LogP contribution in [0.2, 0.25) is 5.02 Å². The molecule has 0 aliphatic carbocycles. The normalized spacial score (nSPS) is 13.1. The molecular formula is C25H17ClN6O2S. The predicted molar refractivity (Wildman–Crippen MR) is 133 cm³/mol. The molecule has 0 atom stereocenters. The molecule has 1 aliphatic heterocycles. The Bertz CT molecular complexity index is 1580. The number of nitrogens with zero attached hydrogens (tertiary/aromatic N) is 6. The number of amides is 2. The molecule has 5 aromatic rings. The van der Waals surface area contributed by atoms with Gasteiger partial charge in [0, 0.05) is 0 Å². The second kappa shape index (κ2) is 8.68. The Labute approximate surface area is 209 Å². The van der Waals surface area contributed by atoms with E-state index >= 15 is 0 Å². The average molecular weight is 501 g/mol. The van der Waals surface area contributed by atoms with Crippen LogP contribution < -0.4 is 0 Å². The Kier molecular flexibility index (Phi) is 5.35. The van der Waals surface area contributed by atoms with E-state index < -0.39 is 0 Å². The van der Waals surface area contributed by atoms with E-state index in [1.165, 1.54) is 16.7 Å². The van der Waals surface area contributed by atoms with E-state index in [0.717, 1.165) is 11.0 Å². The summed E-state index contributed by atoms with van der Waals surface area (Å²) in [6, 6.07) is 22.1. The molecule has 0 spiro atoms. The molecule has 2 aromatic heterocycles. The summed E-state index contributed by atoms with van der Waals surface area (Å²) in [6.07, 6.45) is 1.77. The number of hydrogen-bond donors (Lipinski definition) is 0. The predicted octanol–water partition coefficient (Wildman–Crippen LogP) is 4.66. The van der Waals surface area contributed by atoms with Gasteiger partial charge in [-0.1, -0.05) is 59.8 Å². The summed E-state index contributed by atoms with van der Waals surface area (Å²) in [6.45, 7) is 0.409. The smallest absolute Gasteiger partial charge is 0.262 e. The van der Waals surface area contributed by atoms with Crippen LogP contribution in [0.1, 0.15) is 26.5 Å². The van der Waals surface area contributed by atoms with E-state index in [2.05, 4.69) is 15.2 Å². The lowest BCUT2D eigenvalue weighted by molar-refractivity contribution is 0.0684. The maximum absolute atomic E-state index is 12.8. The van der Waals surface area contributed by atoms with Gasteiger partial charge in [-0.15, -0.1) is 10.2 Å². The zero-order valence-corrected chi connectivity index (χ0v) is 19.8. The van der Waals surface area contributed by atoms with Gasteiger partial charge in [0.25, 0.3) is 11.8 Å². The second-order valence-corrected chi connectivity index (χ2v) is 9.22. The van der Waals surface area contributed by atoms with E-state index in [1.54, 1.807) is 36.7 Å². The first-order valence-corrected chi connectivity index (χ1v) is 12.2. The van der Waals surface area contributed by atoms with E-state index in [0.29, 0.717) is 39.4 Å². The van der Waals surface area contributed by atoms with Crippen molar-refractivity contribution in [1.82, 2.24) is 29.2 Å². The highest BCUT2D eigenvalue weighted by Crippen LogP contribution is 2.30. The number of halogens is 1. The fourth-order valence-corrected chi connectivity index (χ4v) is 5.27. The molecule has 1 aliphatic rings. The van der Waals surface area contributed by atoms with Gasteiger partial charge in [0.15, 0.2) is 11.0 Å². The third-order valence-corrected chi connectivity index (χ3v) is 7.06. The Morgan fingerprint density at radius 1 is 0.829 bits per heavy atom. The highest BCUT2D eigenvalue weighted by Gasteiger charge is 2.35. The number of para-hydroxylation sites is 3. The number of carbonyl (C=O) groups is 2. The van der Waals surface area contributed by atoms with Crippen molar-refractivity contribution >= 4 is 46.2 Å². The lowest BCUT2D eigenvalue weighted by Crippen LogP contribution is -2.29. The van der Waals surface area contributed by atoms with Gasteiger partial charge in [-0.25, -0.2) is 4.98 Å². The lowest BCUT2D eigenvalue weighted by atomic mass is 10.1. The fourth-order valence-electron chi connectivity index (χ4n) is 4.14. The Morgan fingerprint density at radius 3 is 2.29 bits per heavy atom. The molecule has 3 heterocycles. The topological polar surface area (TPSA) is 85.9 Å². The zero-order valence-electron chi connectivity index (χ0n) is 18.2. The molecule has 0 N–H and O–H groups in total. The number of carbonyl (C=O) groups excluding carboxylic acids is 2. The summed E-state index contributed by atoms with van der Waals surface area (Å²) in [5.74, 6) is 0.119. The molecule has 0 saturated carbocycles. The van der Waals surface area contributed by atoms with Crippen LogP contribution in [0.15, 0.2) is 84.3 Å². The lowest BCUT2D eigenvalue weighted by Gasteiger charge is -2.15. The van der Waals surface area contributed by atoms with Gasteiger partial charge in [-0.2, -0.15) is 0 Å². The zero-order chi connectivity index (χ0) is 23.9. The number of thioether (sulfide) groups is 1. The van der Waals surface area contributed by atoms with Crippen LogP contribution in [0.25, 0.3) is 16.7 Å². The summed E-state index contributed by atoms with van der Waals surface area (Å²) >= 11 is 7.80. The van der Waals surface area contributed by atoms with Gasteiger partial charge >= 0.3 is 0 Å². The molecule has 8 nitrogen and oxygen atoms in total. The summed E-state index contributed by atoms with van der Waals surface area (Å²) in [4.78, 5) is 31.3. The van der Waals surface area contributed by atoms with E-state index in [-0.39, 0.29) is 17.7 Å². The molecule has 10 heteroatoms. The van der Waals surface area contributed by atoms with Crippen LogP contribution in [0.5, 0.6) is 0 Å². The van der Waals surface area contributed by atoms with Gasteiger partial charge in [0.05, 0.1) is 51.6 Å². The molecule has 0 fully saturated rings. The van der Waals surface area contributed by atoms with Gasteiger partial charge in [-0.05, 0) is 36.4 Å². The molecule has 2 amide bonds. The maximum atomic E-state index is 12.8. The second-order valence-electron chi connectivity index (χ2n) is 7.90. The summed E-state index contributed by atoms with van der Waals surface area (Å²) in [5, 5.41) is 9.88. The van der Waals surface area contributed by atoms with Crippen molar-refractivity contribution in [3.05, 3.63) is 101 Å². The number of hydrogen-bond acceptors (Lipinski definition) is 6. The van der Waals surface area contributed by atoms with Crippen LogP contribution in [0.4, 0.5) is 0 Å². The van der Waals surface area contributed by atoms with Crippen molar-refractivity contribution in [1.29, 1.82) is 0 Å². The minimum atomic E-state index is -0.313. The van der Waals surface area contributed by atoms with Gasteiger partial charge < -0.3 is 4.57 Å². The Morgan fingerprint density at radius 2 is 1.51 bits per heavy atom.